The Balaban J connectivity index is 1.36. The monoisotopic (exact) mass is 399 g/mol. The maximum absolute atomic E-state index is 12.4. The highest BCUT2D eigenvalue weighted by Gasteiger charge is 2.14. The van der Waals surface area contributed by atoms with E-state index in [0.717, 1.165) is 33.8 Å². The van der Waals surface area contributed by atoms with Crippen molar-refractivity contribution in [1.82, 2.24) is 30.1 Å². The normalized spacial score (nSPS) is 10.8. The molecule has 0 fully saturated rings. The summed E-state index contributed by atoms with van der Waals surface area (Å²) in [5.41, 5.74) is 6.75. The van der Waals surface area contributed by atoms with E-state index in [1.807, 2.05) is 44.2 Å². The third-order valence-corrected chi connectivity index (χ3v) is 5.19. The molecule has 0 aliphatic rings. The SMILES string of the molecule is Cc1nc2c(C#N)cnn2c(C)c1CCC(=O)NCc1ccc(-c2ccn[nH]2)cc1. The summed E-state index contributed by atoms with van der Waals surface area (Å²) in [6, 6.07) is 12.0. The van der Waals surface area contributed by atoms with Crippen molar-refractivity contribution in [2.75, 3.05) is 0 Å². The topological polar surface area (TPSA) is 112 Å². The van der Waals surface area contributed by atoms with Crippen LogP contribution in [0.3, 0.4) is 0 Å². The van der Waals surface area contributed by atoms with E-state index in [1.54, 1.807) is 10.7 Å². The van der Waals surface area contributed by atoms with Gasteiger partial charge in [-0.1, -0.05) is 24.3 Å². The smallest absolute Gasteiger partial charge is 0.220 e. The van der Waals surface area contributed by atoms with Gasteiger partial charge in [0.2, 0.25) is 5.91 Å². The summed E-state index contributed by atoms with van der Waals surface area (Å²) in [5, 5.41) is 23.3. The summed E-state index contributed by atoms with van der Waals surface area (Å²) in [7, 11) is 0. The van der Waals surface area contributed by atoms with Crippen LogP contribution >= 0.6 is 0 Å². The highest BCUT2D eigenvalue weighted by Crippen LogP contribution is 2.19. The molecule has 0 radical (unpaired) electrons. The fraction of sp³-hybridized carbons (Fsp3) is 0.227. The van der Waals surface area contributed by atoms with E-state index < -0.39 is 0 Å². The minimum absolute atomic E-state index is 0.0234. The number of rotatable bonds is 6. The number of benzene rings is 1. The zero-order valence-electron chi connectivity index (χ0n) is 16.8. The molecule has 3 aromatic heterocycles. The van der Waals surface area contributed by atoms with E-state index in [9.17, 15) is 4.79 Å². The van der Waals surface area contributed by atoms with Crippen LogP contribution in [0.25, 0.3) is 16.9 Å². The largest absolute Gasteiger partial charge is 0.352 e. The molecule has 0 saturated heterocycles. The molecule has 0 atom stereocenters. The first-order chi connectivity index (χ1) is 14.6. The number of amides is 1. The van der Waals surface area contributed by atoms with E-state index in [4.69, 9.17) is 5.26 Å². The number of hydrogen-bond donors (Lipinski definition) is 2. The second kappa shape index (κ2) is 8.17. The molecule has 3 heterocycles. The fourth-order valence-electron chi connectivity index (χ4n) is 3.50. The first-order valence-corrected chi connectivity index (χ1v) is 9.66. The number of H-pyrrole nitrogens is 1. The van der Waals surface area contributed by atoms with Gasteiger partial charge in [0.15, 0.2) is 5.65 Å². The lowest BCUT2D eigenvalue weighted by Gasteiger charge is -2.11. The van der Waals surface area contributed by atoms with E-state index in [1.165, 1.54) is 6.20 Å². The lowest BCUT2D eigenvalue weighted by Crippen LogP contribution is -2.23. The van der Waals surface area contributed by atoms with Gasteiger partial charge in [-0.25, -0.2) is 9.50 Å². The van der Waals surface area contributed by atoms with Gasteiger partial charge in [0, 0.05) is 30.6 Å². The van der Waals surface area contributed by atoms with Crippen molar-refractivity contribution in [2.24, 2.45) is 0 Å². The maximum Gasteiger partial charge on any atom is 0.220 e. The van der Waals surface area contributed by atoms with E-state index in [-0.39, 0.29) is 5.91 Å². The van der Waals surface area contributed by atoms with E-state index in [0.29, 0.717) is 30.6 Å². The van der Waals surface area contributed by atoms with Crippen LogP contribution in [0.5, 0.6) is 0 Å². The second-order valence-electron chi connectivity index (χ2n) is 7.11. The Hall–Kier alpha value is -3.99. The van der Waals surface area contributed by atoms with Gasteiger partial charge >= 0.3 is 0 Å². The van der Waals surface area contributed by atoms with Gasteiger partial charge in [-0.3, -0.25) is 9.89 Å². The van der Waals surface area contributed by atoms with Crippen molar-refractivity contribution in [1.29, 1.82) is 5.26 Å². The Morgan fingerprint density at radius 2 is 2.03 bits per heavy atom. The predicted molar refractivity (Wildman–Crippen MR) is 111 cm³/mol. The standard InChI is InChI=1S/C22H21N7O/c1-14-19(15(2)29-22(27-14)18(11-23)13-26-29)7-8-21(30)24-12-16-3-5-17(6-4-16)20-9-10-25-28-20/h3-6,9-10,13H,7-8,12H2,1-2H3,(H,24,30)(H,25,28). The first kappa shape index (κ1) is 19.3. The number of carbonyl (C=O) groups is 1. The summed E-state index contributed by atoms with van der Waals surface area (Å²) in [6.07, 6.45) is 4.15. The van der Waals surface area contributed by atoms with Gasteiger partial charge < -0.3 is 5.32 Å². The van der Waals surface area contributed by atoms with Gasteiger partial charge in [0.05, 0.1) is 11.9 Å². The van der Waals surface area contributed by atoms with Crippen LogP contribution in [0, 0.1) is 25.2 Å². The molecule has 4 rings (SSSR count). The van der Waals surface area contributed by atoms with Crippen molar-refractivity contribution in [3.05, 3.63) is 70.8 Å². The van der Waals surface area contributed by atoms with Crippen molar-refractivity contribution >= 4 is 11.6 Å². The number of carbonyl (C=O) groups excluding carboxylic acids is 1. The van der Waals surface area contributed by atoms with Crippen LogP contribution < -0.4 is 5.32 Å². The highest BCUT2D eigenvalue weighted by molar-refractivity contribution is 5.76. The summed E-state index contributed by atoms with van der Waals surface area (Å²) < 4.78 is 1.67. The third-order valence-electron chi connectivity index (χ3n) is 5.19. The highest BCUT2D eigenvalue weighted by atomic mass is 16.1. The maximum atomic E-state index is 12.4. The van der Waals surface area contributed by atoms with E-state index >= 15 is 0 Å². The second-order valence-corrected chi connectivity index (χ2v) is 7.11. The average molecular weight is 399 g/mol. The van der Waals surface area contributed by atoms with Gasteiger partial charge in [0.1, 0.15) is 11.6 Å². The van der Waals surface area contributed by atoms with Crippen molar-refractivity contribution in [2.45, 2.75) is 33.2 Å². The zero-order chi connectivity index (χ0) is 21.1. The molecule has 0 saturated carbocycles. The van der Waals surface area contributed by atoms with Crippen molar-refractivity contribution < 1.29 is 4.79 Å². The summed E-state index contributed by atoms with van der Waals surface area (Å²) in [4.78, 5) is 16.9. The van der Waals surface area contributed by atoms with Crippen LogP contribution in [0.1, 0.15) is 34.5 Å². The Bertz CT molecular complexity index is 1230. The molecule has 0 bridgehead atoms. The van der Waals surface area contributed by atoms with Gasteiger partial charge in [-0.2, -0.15) is 15.5 Å². The molecule has 1 aromatic carbocycles. The van der Waals surface area contributed by atoms with Crippen LogP contribution in [-0.2, 0) is 17.8 Å². The molecule has 8 heteroatoms. The molecular formula is C22H21N7O. The quantitative estimate of drug-likeness (QED) is 0.518. The van der Waals surface area contributed by atoms with E-state index in [2.05, 4.69) is 31.7 Å². The number of nitrogens with zero attached hydrogens (tertiary/aromatic N) is 5. The molecule has 0 spiro atoms. The third kappa shape index (κ3) is 3.78. The molecule has 0 aliphatic heterocycles. The minimum Gasteiger partial charge on any atom is -0.352 e. The van der Waals surface area contributed by atoms with Crippen molar-refractivity contribution in [3.8, 4) is 17.3 Å². The molecule has 0 unspecified atom stereocenters. The number of nitriles is 1. The average Bonchev–Trinajstić information content (AvgIpc) is 3.42. The minimum atomic E-state index is -0.0234. The molecule has 150 valence electrons. The number of hydrogen-bond acceptors (Lipinski definition) is 5. The number of nitrogens with one attached hydrogen (secondary N) is 2. The molecule has 1 amide bonds. The lowest BCUT2D eigenvalue weighted by molar-refractivity contribution is -0.121. The zero-order valence-corrected chi connectivity index (χ0v) is 16.8. The molecule has 30 heavy (non-hydrogen) atoms. The Morgan fingerprint density at radius 3 is 2.73 bits per heavy atom. The first-order valence-electron chi connectivity index (χ1n) is 9.66. The van der Waals surface area contributed by atoms with Gasteiger partial charge in [-0.05, 0) is 43.0 Å². The predicted octanol–water partition coefficient (Wildman–Crippen LogP) is 2.86. The van der Waals surface area contributed by atoms with Gasteiger partial charge in [-0.15, -0.1) is 0 Å². The number of aromatic amines is 1. The Labute approximate surface area is 173 Å². The summed E-state index contributed by atoms with van der Waals surface area (Å²) >= 11 is 0. The van der Waals surface area contributed by atoms with Crippen LogP contribution in [0.2, 0.25) is 0 Å². The summed E-state index contributed by atoms with van der Waals surface area (Å²) in [6.45, 7) is 4.31. The van der Waals surface area contributed by atoms with Gasteiger partial charge in [0.25, 0.3) is 0 Å². The number of aryl methyl sites for hydroxylation is 2. The number of fused-ring (bicyclic) bond motifs is 1. The summed E-state index contributed by atoms with van der Waals surface area (Å²) in [5.74, 6) is -0.0234. The Kier molecular flexibility index (Phi) is 5.26. The molecule has 4 aromatic rings. The fourth-order valence-corrected chi connectivity index (χ4v) is 3.50. The van der Waals surface area contributed by atoms with Crippen LogP contribution in [0.15, 0.2) is 42.7 Å². The molecular weight excluding hydrogens is 378 g/mol. The van der Waals surface area contributed by atoms with Crippen LogP contribution in [-0.4, -0.2) is 30.7 Å². The van der Waals surface area contributed by atoms with Crippen LogP contribution in [0.4, 0.5) is 0 Å². The lowest BCUT2D eigenvalue weighted by atomic mass is 10.1. The molecule has 8 nitrogen and oxygen atoms in total. The molecule has 0 aliphatic carbocycles. The van der Waals surface area contributed by atoms with Crippen molar-refractivity contribution in [3.63, 3.8) is 0 Å². The number of aromatic nitrogens is 5. The Morgan fingerprint density at radius 1 is 1.23 bits per heavy atom. The molecule has 2 N–H and O–H groups in total.